The van der Waals surface area contributed by atoms with Gasteiger partial charge in [-0.3, -0.25) is 9.59 Å². The Hall–Kier alpha value is -0.960. The summed E-state index contributed by atoms with van der Waals surface area (Å²) in [4.78, 5) is 25.4. The topological polar surface area (TPSA) is 99.7 Å². The van der Waals surface area contributed by atoms with Crippen LogP contribution in [0.25, 0.3) is 0 Å². The summed E-state index contributed by atoms with van der Waals surface area (Å²) >= 11 is 5.91. The smallest absolute Gasteiger partial charge is 0.246 e. The minimum absolute atomic E-state index is 0.0217. The van der Waals surface area contributed by atoms with Gasteiger partial charge in [0.1, 0.15) is 12.8 Å². The zero-order chi connectivity index (χ0) is 22.9. The van der Waals surface area contributed by atoms with E-state index in [1.807, 2.05) is 0 Å². The van der Waals surface area contributed by atoms with Crippen LogP contribution in [0.5, 0.6) is 0 Å². The van der Waals surface area contributed by atoms with E-state index in [0.717, 1.165) is 32.1 Å². The number of rotatable bonds is 6. The largest absolute Gasteiger partial charge is 0.391 e. The lowest BCUT2D eigenvalue weighted by Gasteiger charge is -2.56. The molecule has 0 spiro atoms. The number of hydrogen-bond acceptors (Lipinski definition) is 5. The van der Waals surface area contributed by atoms with Crippen LogP contribution in [0.3, 0.4) is 0 Å². The fourth-order valence-electron chi connectivity index (χ4n) is 6.06. The van der Waals surface area contributed by atoms with Gasteiger partial charge in [0.05, 0.1) is 29.2 Å². The third-order valence-electron chi connectivity index (χ3n) is 8.13. The number of carbonyl (C=O) groups is 2. The third kappa shape index (κ3) is 5.24. The van der Waals surface area contributed by atoms with Crippen molar-refractivity contribution in [2.24, 2.45) is 0 Å². The number of alkyl halides is 2. The molecule has 4 aliphatic carbocycles. The van der Waals surface area contributed by atoms with Crippen LogP contribution in [0.1, 0.15) is 77.6 Å². The molecule has 4 saturated carbocycles. The fourth-order valence-corrected chi connectivity index (χ4v) is 6.29. The predicted molar refractivity (Wildman–Crippen MR) is 119 cm³/mol. The molecule has 4 N–H and O–H groups in total. The van der Waals surface area contributed by atoms with E-state index in [9.17, 15) is 19.1 Å². The second-order valence-corrected chi connectivity index (χ2v) is 11.1. The molecular formula is C23H37ClFN3O4. The van der Waals surface area contributed by atoms with Crippen LogP contribution in [0, 0.1) is 0 Å². The maximum absolute atomic E-state index is 13.8. The quantitative estimate of drug-likeness (QED) is 0.443. The number of carbonyl (C=O) groups excluding carboxylic acids is 2. The summed E-state index contributed by atoms with van der Waals surface area (Å²) in [5.41, 5.74) is -1.08. The molecule has 2 amide bonds. The Morgan fingerprint density at radius 2 is 1.91 bits per heavy atom. The standard InChI is InChI=1S/C23H37ClFN3O4/c1-14-3-2-4-18(26-14)21(31)28-22-7-9-23(10-8-22,19(29)12-22)27-20(30)13-32-15-5-6-16(24)17(25)11-15/h14-19,26,29H,2-13H2,1H3,(H,27,30)(H,28,31). The summed E-state index contributed by atoms with van der Waals surface area (Å²) in [5, 5.41) is 20.1. The number of aliphatic hydroxyl groups excluding tert-OH is 1. The Bertz CT molecular complexity index is 703. The van der Waals surface area contributed by atoms with Gasteiger partial charge in [0.2, 0.25) is 11.8 Å². The molecule has 1 saturated heterocycles. The zero-order valence-corrected chi connectivity index (χ0v) is 19.6. The first kappa shape index (κ1) is 24.2. The average Bonchev–Trinajstić information content (AvgIpc) is 2.76. The van der Waals surface area contributed by atoms with Crippen LogP contribution in [0.15, 0.2) is 0 Å². The molecule has 0 aromatic carbocycles. The molecule has 5 rings (SSSR count). The van der Waals surface area contributed by atoms with Gasteiger partial charge < -0.3 is 25.8 Å². The van der Waals surface area contributed by atoms with E-state index in [-0.39, 0.29) is 37.0 Å². The lowest BCUT2D eigenvalue weighted by atomic mass is 9.59. The Labute approximate surface area is 194 Å². The highest BCUT2D eigenvalue weighted by Crippen LogP contribution is 2.47. The highest BCUT2D eigenvalue weighted by atomic mass is 35.5. The molecule has 32 heavy (non-hydrogen) atoms. The first-order chi connectivity index (χ1) is 15.2. The Morgan fingerprint density at radius 3 is 2.56 bits per heavy atom. The van der Waals surface area contributed by atoms with Crippen molar-refractivity contribution in [1.82, 2.24) is 16.0 Å². The van der Waals surface area contributed by atoms with E-state index in [4.69, 9.17) is 16.3 Å². The third-order valence-corrected chi connectivity index (χ3v) is 8.62. The van der Waals surface area contributed by atoms with Crippen LogP contribution in [0.2, 0.25) is 0 Å². The molecule has 6 unspecified atom stereocenters. The SMILES string of the molecule is CC1CCCC(C(=O)NC23CCC(NC(=O)COC4CCC(Cl)C(F)C4)(CC2)C(O)C3)N1. The summed E-state index contributed by atoms with van der Waals surface area (Å²) in [7, 11) is 0. The first-order valence-corrected chi connectivity index (χ1v) is 12.6. The van der Waals surface area contributed by atoms with Crippen molar-refractivity contribution in [2.45, 2.75) is 124 Å². The highest BCUT2D eigenvalue weighted by molar-refractivity contribution is 6.21. The van der Waals surface area contributed by atoms with Gasteiger partial charge in [-0.25, -0.2) is 4.39 Å². The molecule has 6 atom stereocenters. The van der Waals surface area contributed by atoms with Gasteiger partial charge in [0.15, 0.2) is 0 Å². The Morgan fingerprint density at radius 1 is 1.16 bits per heavy atom. The van der Waals surface area contributed by atoms with Gasteiger partial charge in [-0.15, -0.1) is 11.6 Å². The molecule has 182 valence electrons. The van der Waals surface area contributed by atoms with Crippen molar-refractivity contribution in [2.75, 3.05) is 6.61 Å². The summed E-state index contributed by atoms with van der Waals surface area (Å²) in [6.45, 7) is 1.95. The first-order valence-electron chi connectivity index (χ1n) is 12.2. The molecule has 0 radical (unpaired) electrons. The number of amides is 2. The maximum Gasteiger partial charge on any atom is 0.246 e. The van der Waals surface area contributed by atoms with Gasteiger partial charge in [-0.2, -0.15) is 0 Å². The van der Waals surface area contributed by atoms with Gasteiger partial charge in [0, 0.05) is 18.0 Å². The zero-order valence-electron chi connectivity index (χ0n) is 18.9. The van der Waals surface area contributed by atoms with Crippen molar-refractivity contribution in [3.8, 4) is 0 Å². The molecule has 1 heterocycles. The van der Waals surface area contributed by atoms with Gasteiger partial charge >= 0.3 is 0 Å². The summed E-state index contributed by atoms with van der Waals surface area (Å²) < 4.78 is 19.4. The summed E-state index contributed by atoms with van der Waals surface area (Å²) in [5.74, 6) is -0.264. The minimum Gasteiger partial charge on any atom is -0.391 e. The number of piperidine rings is 1. The van der Waals surface area contributed by atoms with Crippen molar-refractivity contribution < 1.29 is 23.8 Å². The van der Waals surface area contributed by atoms with Crippen molar-refractivity contribution in [1.29, 1.82) is 0 Å². The van der Waals surface area contributed by atoms with Crippen LogP contribution >= 0.6 is 11.6 Å². The molecule has 0 aromatic heterocycles. The average molecular weight is 474 g/mol. The van der Waals surface area contributed by atoms with Crippen LogP contribution < -0.4 is 16.0 Å². The van der Waals surface area contributed by atoms with Crippen LogP contribution in [0.4, 0.5) is 4.39 Å². The van der Waals surface area contributed by atoms with Crippen molar-refractivity contribution in [3.63, 3.8) is 0 Å². The fraction of sp³-hybridized carbons (Fsp3) is 0.913. The highest BCUT2D eigenvalue weighted by Gasteiger charge is 2.55. The monoisotopic (exact) mass is 473 g/mol. The number of halogens is 2. The number of ether oxygens (including phenoxy) is 1. The van der Waals surface area contributed by atoms with E-state index in [2.05, 4.69) is 22.9 Å². The molecule has 7 nitrogen and oxygen atoms in total. The van der Waals surface area contributed by atoms with E-state index in [0.29, 0.717) is 38.1 Å². The second kappa shape index (κ2) is 9.72. The number of nitrogens with one attached hydrogen (secondary N) is 3. The molecule has 9 heteroatoms. The number of fused-ring (bicyclic) bond motifs is 3. The second-order valence-electron chi connectivity index (χ2n) is 10.5. The Kier molecular flexibility index (Phi) is 7.35. The number of hydrogen-bond donors (Lipinski definition) is 4. The van der Waals surface area contributed by atoms with E-state index in [1.54, 1.807) is 0 Å². The molecule has 5 aliphatic rings. The summed E-state index contributed by atoms with van der Waals surface area (Å²) in [6, 6.07) is 0.166. The van der Waals surface area contributed by atoms with E-state index >= 15 is 0 Å². The molecule has 0 aromatic rings. The Balaban J connectivity index is 1.26. The molecule has 5 fully saturated rings. The number of aliphatic hydroxyl groups is 1. The van der Waals surface area contributed by atoms with Crippen molar-refractivity contribution in [3.05, 3.63) is 0 Å². The lowest BCUT2D eigenvalue weighted by molar-refractivity contribution is -0.140. The van der Waals surface area contributed by atoms with Crippen molar-refractivity contribution >= 4 is 23.4 Å². The van der Waals surface area contributed by atoms with E-state index in [1.165, 1.54) is 0 Å². The minimum atomic E-state index is -1.11. The van der Waals surface area contributed by atoms with E-state index < -0.39 is 28.7 Å². The van der Waals surface area contributed by atoms with Crippen LogP contribution in [-0.4, -0.2) is 70.4 Å². The van der Waals surface area contributed by atoms with Gasteiger partial charge in [-0.05, 0) is 71.1 Å². The predicted octanol–water partition coefficient (Wildman–Crippen LogP) is 2.08. The maximum atomic E-state index is 13.8. The lowest BCUT2D eigenvalue weighted by Crippen LogP contribution is -2.71. The molecular weight excluding hydrogens is 437 g/mol. The molecule has 2 bridgehead atoms. The summed E-state index contributed by atoms with van der Waals surface area (Å²) in [6.07, 6.45) is 5.34. The van der Waals surface area contributed by atoms with Gasteiger partial charge in [-0.1, -0.05) is 0 Å². The van der Waals surface area contributed by atoms with Gasteiger partial charge in [0.25, 0.3) is 0 Å². The molecule has 1 aliphatic heterocycles. The van der Waals surface area contributed by atoms with Crippen LogP contribution in [-0.2, 0) is 14.3 Å². The normalized spacial score (nSPS) is 44.1.